The quantitative estimate of drug-likeness (QED) is 0.407. The molecule has 2 rings (SSSR count). The number of carbonyl (C=O) groups excluding carboxylic acids is 2. The van der Waals surface area contributed by atoms with Crippen LogP contribution in [-0.2, 0) is 10.5 Å². The fourth-order valence-corrected chi connectivity index (χ4v) is 3.46. The minimum atomic E-state index is -0.445. The molecular formula is C18H21N3O3S2. The number of thioether (sulfide) groups is 2. The maximum absolute atomic E-state index is 12.4. The molecule has 1 unspecified atom stereocenters. The fourth-order valence-electron chi connectivity index (χ4n) is 2.07. The molecule has 0 spiro atoms. The number of hydrogen-bond donors (Lipinski definition) is 2. The Hall–Kier alpha value is -2.06. The highest BCUT2D eigenvalue weighted by molar-refractivity contribution is 8.00. The van der Waals surface area contributed by atoms with Gasteiger partial charge in [-0.3, -0.25) is 14.4 Å². The third kappa shape index (κ3) is 6.03. The number of ketones is 1. The van der Waals surface area contributed by atoms with Gasteiger partial charge in [-0.1, -0.05) is 18.7 Å². The normalized spacial score (nSPS) is 11.8. The van der Waals surface area contributed by atoms with Crippen molar-refractivity contribution in [2.24, 2.45) is 0 Å². The number of amides is 1. The Kier molecular flexibility index (Phi) is 7.47. The molecule has 0 bridgehead atoms. The molecule has 2 aromatic rings. The Bertz CT molecular complexity index is 834. The van der Waals surface area contributed by atoms with E-state index >= 15 is 0 Å². The Morgan fingerprint density at radius 1 is 1.27 bits per heavy atom. The Morgan fingerprint density at radius 3 is 2.58 bits per heavy atom. The van der Waals surface area contributed by atoms with Crippen LogP contribution in [0.4, 0.5) is 5.69 Å². The first kappa shape index (κ1) is 20.3. The van der Waals surface area contributed by atoms with E-state index in [1.165, 1.54) is 24.8 Å². The summed E-state index contributed by atoms with van der Waals surface area (Å²) in [6.07, 6.45) is 0. The average molecular weight is 392 g/mol. The molecule has 138 valence electrons. The van der Waals surface area contributed by atoms with Crippen molar-refractivity contribution in [3.05, 3.63) is 51.9 Å². The number of nitrogens with zero attached hydrogens (tertiary/aromatic N) is 1. The second kappa shape index (κ2) is 9.59. The molecule has 1 aromatic heterocycles. The first-order valence-corrected chi connectivity index (χ1v) is 10.2. The van der Waals surface area contributed by atoms with Crippen LogP contribution in [0.15, 0.2) is 40.3 Å². The van der Waals surface area contributed by atoms with Crippen molar-refractivity contribution < 1.29 is 9.59 Å². The Labute approximate surface area is 160 Å². The molecule has 0 fully saturated rings. The molecule has 6 nitrogen and oxygen atoms in total. The van der Waals surface area contributed by atoms with Crippen molar-refractivity contribution in [2.45, 2.75) is 36.9 Å². The topological polar surface area (TPSA) is 91.9 Å². The summed E-state index contributed by atoms with van der Waals surface area (Å²) in [5.41, 5.74) is 1.69. The predicted octanol–water partition coefficient (Wildman–Crippen LogP) is 3.34. The number of benzene rings is 1. The first-order chi connectivity index (χ1) is 12.4. The maximum atomic E-state index is 12.4. The van der Waals surface area contributed by atoms with E-state index < -0.39 is 5.25 Å². The van der Waals surface area contributed by atoms with E-state index in [1.807, 2.05) is 6.92 Å². The second-order valence-corrected chi connectivity index (χ2v) is 8.17. The molecule has 0 aliphatic heterocycles. The van der Waals surface area contributed by atoms with Crippen molar-refractivity contribution in [3.8, 4) is 0 Å². The lowest BCUT2D eigenvalue weighted by molar-refractivity contribution is -0.115. The Morgan fingerprint density at radius 2 is 1.96 bits per heavy atom. The molecular weight excluding hydrogens is 370 g/mol. The van der Waals surface area contributed by atoms with E-state index in [2.05, 4.69) is 15.3 Å². The molecule has 0 saturated heterocycles. The van der Waals surface area contributed by atoms with Gasteiger partial charge in [-0.2, -0.15) is 11.8 Å². The SMILES string of the molecule is CCSCc1cc(=O)[nH]c(SC(C)C(=O)Nc2ccc(C(C)=O)cc2)n1. The van der Waals surface area contributed by atoms with E-state index in [1.54, 1.807) is 43.0 Å². The van der Waals surface area contributed by atoms with Crippen LogP contribution in [-0.4, -0.2) is 32.7 Å². The molecule has 1 atom stereocenters. The molecule has 0 aliphatic rings. The van der Waals surface area contributed by atoms with Crippen molar-refractivity contribution in [1.82, 2.24) is 9.97 Å². The van der Waals surface area contributed by atoms with Crippen LogP contribution in [0.5, 0.6) is 0 Å². The zero-order chi connectivity index (χ0) is 19.1. The second-order valence-electron chi connectivity index (χ2n) is 5.56. The molecule has 1 heterocycles. The smallest absolute Gasteiger partial charge is 0.251 e. The molecule has 26 heavy (non-hydrogen) atoms. The van der Waals surface area contributed by atoms with Gasteiger partial charge in [0.05, 0.1) is 10.9 Å². The van der Waals surface area contributed by atoms with Gasteiger partial charge < -0.3 is 10.3 Å². The van der Waals surface area contributed by atoms with Crippen LogP contribution in [0.1, 0.15) is 36.8 Å². The molecule has 0 saturated carbocycles. The largest absolute Gasteiger partial charge is 0.325 e. The van der Waals surface area contributed by atoms with Crippen molar-refractivity contribution >= 4 is 40.9 Å². The van der Waals surface area contributed by atoms with E-state index in [9.17, 15) is 14.4 Å². The van der Waals surface area contributed by atoms with Gasteiger partial charge in [0.25, 0.3) is 5.56 Å². The highest BCUT2D eigenvalue weighted by Gasteiger charge is 2.16. The zero-order valence-electron chi connectivity index (χ0n) is 14.9. The van der Waals surface area contributed by atoms with Crippen LogP contribution in [0.25, 0.3) is 0 Å². The molecule has 1 aromatic carbocycles. The first-order valence-electron chi connectivity index (χ1n) is 8.15. The van der Waals surface area contributed by atoms with Crippen molar-refractivity contribution in [1.29, 1.82) is 0 Å². The highest BCUT2D eigenvalue weighted by Crippen LogP contribution is 2.21. The number of Topliss-reactive ketones (excluding diaryl/α,β-unsaturated/α-hetero) is 1. The minimum absolute atomic E-state index is 0.0250. The number of rotatable bonds is 8. The van der Waals surface area contributed by atoms with Crippen molar-refractivity contribution in [3.63, 3.8) is 0 Å². The van der Waals surface area contributed by atoms with Crippen LogP contribution < -0.4 is 10.9 Å². The van der Waals surface area contributed by atoms with Gasteiger partial charge in [0.2, 0.25) is 5.91 Å². The maximum Gasteiger partial charge on any atom is 0.251 e. The number of hydrogen-bond acceptors (Lipinski definition) is 6. The average Bonchev–Trinajstić information content (AvgIpc) is 2.59. The number of anilines is 1. The van der Waals surface area contributed by atoms with Gasteiger partial charge in [0.15, 0.2) is 10.9 Å². The van der Waals surface area contributed by atoms with Gasteiger partial charge >= 0.3 is 0 Å². The lowest BCUT2D eigenvalue weighted by Gasteiger charge is -2.12. The predicted molar refractivity (Wildman–Crippen MR) is 107 cm³/mol. The number of nitrogens with one attached hydrogen (secondary N) is 2. The van der Waals surface area contributed by atoms with Gasteiger partial charge in [0.1, 0.15) is 0 Å². The third-order valence-corrected chi connectivity index (χ3v) is 5.34. The lowest BCUT2D eigenvalue weighted by Crippen LogP contribution is -2.23. The summed E-state index contributed by atoms with van der Waals surface area (Å²) in [4.78, 5) is 42.5. The van der Waals surface area contributed by atoms with Crippen LogP contribution in [0, 0.1) is 0 Å². The summed E-state index contributed by atoms with van der Waals surface area (Å²) in [6.45, 7) is 5.29. The van der Waals surface area contributed by atoms with Gasteiger partial charge in [-0.05, 0) is 43.9 Å². The summed E-state index contributed by atoms with van der Waals surface area (Å²) < 4.78 is 0. The lowest BCUT2D eigenvalue weighted by atomic mass is 10.1. The van der Waals surface area contributed by atoms with E-state index in [0.717, 1.165) is 5.75 Å². The van der Waals surface area contributed by atoms with E-state index in [0.29, 0.717) is 27.9 Å². The van der Waals surface area contributed by atoms with Crippen LogP contribution in [0.3, 0.4) is 0 Å². The highest BCUT2D eigenvalue weighted by atomic mass is 32.2. The monoisotopic (exact) mass is 391 g/mol. The van der Waals surface area contributed by atoms with Gasteiger partial charge in [0, 0.05) is 23.1 Å². The van der Waals surface area contributed by atoms with Gasteiger partial charge in [-0.15, -0.1) is 0 Å². The number of aromatic nitrogens is 2. The number of carbonyl (C=O) groups is 2. The Balaban J connectivity index is 2.01. The fraction of sp³-hybridized carbons (Fsp3) is 0.333. The third-order valence-electron chi connectivity index (χ3n) is 3.44. The number of H-pyrrole nitrogens is 1. The molecule has 0 radical (unpaired) electrons. The van der Waals surface area contributed by atoms with Crippen molar-refractivity contribution in [2.75, 3.05) is 11.1 Å². The minimum Gasteiger partial charge on any atom is -0.325 e. The summed E-state index contributed by atoms with van der Waals surface area (Å²) in [6, 6.07) is 8.20. The molecule has 1 amide bonds. The summed E-state index contributed by atoms with van der Waals surface area (Å²) in [5, 5.41) is 2.78. The zero-order valence-corrected chi connectivity index (χ0v) is 16.5. The summed E-state index contributed by atoms with van der Waals surface area (Å²) in [5.74, 6) is 1.37. The summed E-state index contributed by atoms with van der Waals surface area (Å²) >= 11 is 2.88. The van der Waals surface area contributed by atoms with E-state index in [-0.39, 0.29) is 17.2 Å². The van der Waals surface area contributed by atoms with Crippen LogP contribution in [0.2, 0.25) is 0 Å². The molecule has 0 aliphatic carbocycles. The molecule has 2 N–H and O–H groups in total. The van der Waals surface area contributed by atoms with E-state index in [4.69, 9.17) is 0 Å². The van der Waals surface area contributed by atoms with Gasteiger partial charge in [-0.25, -0.2) is 4.98 Å². The summed E-state index contributed by atoms with van der Waals surface area (Å²) in [7, 11) is 0. The number of aromatic amines is 1. The van der Waals surface area contributed by atoms with Crippen LogP contribution >= 0.6 is 23.5 Å². The molecule has 8 heteroatoms. The standard InChI is InChI=1S/C18H21N3O3S2/c1-4-25-10-15-9-16(23)21-18(20-15)26-12(3)17(24)19-14-7-5-13(6-8-14)11(2)22/h5-9,12H,4,10H2,1-3H3,(H,19,24)(H,20,21,23).